The van der Waals surface area contributed by atoms with E-state index in [0.717, 1.165) is 12.1 Å². The van der Waals surface area contributed by atoms with Crippen molar-refractivity contribution in [2.45, 2.75) is 37.9 Å². The smallest absolute Gasteiger partial charge is 0.351 e. The summed E-state index contributed by atoms with van der Waals surface area (Å²) in [5, 5.41) is 2.78. The first kappa shape index (κ1) is 12.9. The summed E-state index contributed by atoms with van der Waals surface area (Å²) >= 11 is 0. The number of amides is 1. The molecule has 2 nitrogen and oxygen atoms in total. The molecule has 0 aromatic heterocycles. The Kier molecular flexibility index (Phi) is 2.87. The van der Waals surface area contributed by atoms with Crippen LogP contribution in [0.3, 0.4) is 0 Å². The molecular weight excluding hydrogens is 243 g/mol. The van der Waals surface area contributed by atoms with Crippen molar-refractivity contribution in [2.75, 3.05) is 0 Å². The lowest BCUT2D eigenvalue weighted by Gasteiger charge is -2.27. The Balaban J connectivity index is 2.38. The minimum atomic E-state index is -4.35. The molecule has 98 valence electrons. The molecule has 2 rings (SSSR count). The Hall–Kier alpha value is -1.52. The molecule has 1 atom stereocenters. The Labute approximate surface area is 103 Å². The Morgan fingerprint density at radius 3 is 2.50 bits per heavy atom. The molecule has 1 amide bonds. The summed E-state index contributed by atoms with van der Waals surface area (Å²) in [4.78, 5) is 11.4. The van der Waals surface area contributed by atoms with Crippen molar-refractivity contribution in [2.24, 2.45) is 0 Å². The van der Waals surface area contributed by atoms with Gasteiger partial charge in [0.1, 0.15) is 0 Å². The van der Waals surface area contributed by atoms with Gasteiger partial charge in [-0.2, -0.15) is 13.2 Å². The van der Waals surface area contributed by atoms with Crippen molar-refractivity contribution in [3.8, 4) is 0 Å². The highest BCUT2D eigenvalue weighted by Gasteiger charge is 2.40. The molecule has 1 aromatic rings. The van der Waals surface area contributed by atoms with Crippen LogP contribution in [0.5, 0.6) is 0 Å². The fourth-order valence-electron chi connectivity index (χ4n) is 2.40. The van der Waals surface area contributed by atoms with E-state index in [1.165, 1.54) is 6.07 Å². The molecule has 5 heteroatoms. The molecule has 1 saturated heterocycles. The SMILES string of the molecule is CC1(C)NC(=O)CC1c1cccc(C(F)(F)F)c1. The second-order valence-electron chi connectivity index (χ2n) is 5.15. The van der Waals surface area contributed by atoms with E-state index in [4.69, 9.17) is 0 Å². The normalized spacial score (nSPS) is 22.9. The van der Waals surface area contributed by atoms with E-state index in [2.05, 4.69) is 5.32 Å². The van der Waals surface area contributed by atoms with Gasteiger partial charge in [0.2, 0.25) is 5.91 Å². The molecule has 0 radical (unpaired) electrons. The second-order valence-corrected chi connectivity index (χ2v) is 5.15. The molecule has 0 saturated carbocycles. The van der Waals surface area contributed by atoms with Crippen LogP contribution in [0.4, 0.5) is 13.2 Å². The van der Waals surface area contributed by atoms with Gasteiger partial charge in [-0.25, -0.2) is 0 Å². The van der Waals surface area contributed by atoms with Gasteiger partial charge in [-0.3, -0.25) is 4.79 Å². The van der Waals surface area contributed by atoms with Crippen LogP contribution in [0.15, 0.2) is 24.3 Å². The number of rotatable bonds is 1. The molecular formula is C13H14F3NO. The lowest BCUT2D eigenvalue weighted by atomic mass is 9.83. The second kappa shape index (κ2) is 4.00. The van der Waals surface area contributed by atoms with Gasteiger partial charge >= 0.3 is 6.18 Å². The predicted octanol–water partition coefficient (Wildman–Crippen LogP) is 3.09. The van der Waals surface area contributed by atoms with Crippen LogP contribution in [0.2, 0.25) is 0 Å². The lowest BCUT2D eigenvalue weighted by Crippen LogP contribution is -2.38. The van der Waals surface area contributed by atoms with Crippen molar-refractivity contribution >= 4 is 5.91 Å². The molecule has 18 heavy (non-hydrogen) atoms. The van der Waals surface area contributed by atoms with Crippen molar-refractivity contribution in [3.63, 3.8) is 0 Å². The molecule has 1 N–H and O–H groups in total. The van der Waals surface area contributed by atoms with Crippen molar-refractivity contribution in [1.29, 1.82) is 0 Å². The van der Waals surface area contributed by atoms with Crippen LogP contribution in [0.25, 0.3) is 0 Å². The van der Waals surface area contributed by atoms with Gasteiger partial charge in [-0.05, 0) is 25.5 Å². The Bertz CT molecular complexity index is 479. The van der Waals surface area contributed by atoms with Gasteiger partial charge < -0.3 is 5.32 Å². The third-order valence-corrected chi connectivity index (χ3v) is 3.34. The van der Waals surface area contributed by atoms with Crippen LogP contribution >= 0.6 is 0 Å². The molecule has 1 fully saturated rings. The molecule has 1 aromatic carbocycles. The first-order valence-corrected chi connectivity index (χ1v) is 5.68. The minimum absolute atomic E-state index is 0.123. The summed E-state index contributed by atoms with van der Waals surface area (Å²) in [6.45, 7) is 3.64. The van der Waals surface area contributed by atoms with Gasteiger partial charge in [0.15, 0.2) is 0 Å². The zero-order chi connectivity index (χ0) is 13.6. The third kappa shape index (κ3) is 2.35. The quantitative estimate of drug-likeness (QED) is 0.823. The first-order chi connectivity index (χ1) is 8.20. The van der Waals surface area contributed by atoms with Gasteiger partial charge in [-0.1, -0.05) is 18.2 Å². The first-order valence-electron chi connectivity index (χ1n) is 5.68. The molecule has 1 aliphatic heterocycles. The number of halogens is 3. The largest absolute Gasteiger partial charge is 0.416 e. The standard InChI is InChI=1S/C13H14F3NO/c1-12(2)10(7-11(18)17-12)8-4-3-5-9(6-8)13(14,15)16/h3-6,10H,7H2,1-2H3,(H,17,18). The van der Waals surface area contributed by atoms with E-state index in [9.17, 15) is 18.0 Å². The molecule has 1 unspecified atom stereocenters. The van der Waals surface area contributed by atoms with E-state index in [0.29, 0.717) is 5.56 Å². The summed E-state index contributed by atoms with van der Waals surface area (Å²) in [5.41, 5.74) is -0.635. The monoisotopic (exact) mass is 257 g/mol. The Morgan fingerprint density at radius 2 is 2.00 bits per heavy atom. The van der Waals surface area contributed by atoms with Crippen LogP contribution in [-0.4, -0.2) is 11.4 Å². The van der Waals surface area contributed by atoms with Gasteiger partial charge in [-0.15, -0.1) is 0 Å². The van der Waals surface area contributed by atoms with E-state index in [1.807, 2.05) is 13.8 Å². The molecule has 0 bridgehead atoms. The number of benzene rings is 1. The van der Waals surface area contributed by atoms with E-state index in [-0.39, 0.29) is 18.2 Å². The van der Waals surface area contributed by atoms with Crippen LogP contribution < -0.4 is 5.32 Å². The maximum absolute atomic E-state index is 12.6. The van der Waals surface area contributed by atoms with Crippen LogP contribution in [0.1, 0.15) is 37.3 Å². The summed E-state index contributed by atoms with van der Waals surface area (Å²) in [7, 11) is 0. The van der Waals surface area contributed by atoms with E-state index < -0.39 is 17.3 Å². The van der Waals surface area contributed by atoms with E-state index >= 15 is 0 Å². The number of nitrogens with one attached hydrogen (secondary N) is 1. The summed E-state index contributed by atoms with van der Waals surface area (Å²) in [6.07, 6.45) is -4.12. The minimum Gasteiger partial charge on any atom is -0.351 e. The van der Waals surface area contributed by atoms with Crippen molar-refractivity contribution in [1.82, 2.24) is 5.32 Å². The number of hydrogen-bond donors (Lipinski definition) is 1. The van der Waals surface area contributed by atoms with Crippen LogP contribution in [-0.2, 0) is 11.0 Å². The van der Waals surface area contributed by atoms with Gasteiger partial charge in [0.05, 0.1) is 5.56 Å². The zero-order valence-corrected chi connectivity index (χ0v) is 10.1. The fraction of sp³-hybridized carbons (Fsp3) is 0.462. The number of hydrogen-bond acceptors (Lipinski definition) is 1. The Morgan fingerprint density at radius 1 is 1.33 bits per heavy atom. The summed E-state index contributed by atoms with van der Waals surface area (Å²) in [5.74, 6) is -0.352. The number of alkyl halides is 3. The average Bonchev–Trinajstić information content (AvgIpc) is 2.51. The maximum atomic E-state index is 12.6. The molecule has 1 aliphatic rings. The maximum Gasteiger partial charge on any atom is 0.416 e. The average molecular weight is 257 g/mol. The number of carbonyl (C=O) groups excluding carboxylic acids is 1. The van der Waals surface area contributed by atoms with Gasteiger partial charge in [0.25, 0.3) is 0 Å². The van der Waals surface area contributed by atoms with Crippen LogP contribution in [0, 0.1) is 0 Å². The summed E-state index contributed by atoms with van der Waals surface area (Å²) < 4.78 is 37.9. The van der Waals surface area contributed by atoms with Crippen molar-refractivity contribution < 1.29 is 18.0 Å². The van der Waals surface area contributed by atoms with E-state index in [1.54, 1.807) is 6.07 Å². The third-order valence-electron chi connectivity index (χ3n) is 3.34. The lowest BCUT2D eigenvalue weighted by molar-refractivity contribution is -0.137. The fourth-order valence-corrected chi connectivity index (χ4v) is 2.40. The zero-order valence-electron chi connectivity index (χ0n) is 10.1. The van der Waals surface area contributed by atoms with Gasteiger partial charge in [0, 0.05) is 17.9 Å². The topological polar surface area (TPSA) is 29.1 Å². The predicted molar refractivity (Wildman–Crippen MR) is 61.0 cm³/mol. The summed E-state index contributed by atoms with van der Waals surface area (Å²) in [6, 6.07) is 5.20. The highest BCUT2D eigenvalue weighted by atomic mass is 19.4. The number of carbonyl (C=O) groups is 1. The molecule has 0 aliphatic carbocycles. The highest BCUT2D eigenvalue weighted by Crippen LogP contribution is 2.38. The molecule has 1 heterocycles. The highest BCUT2D eigenvalue weighted by molar-refractivity contribution is 5.81. The molecule has 0 spiro atoms. The van der Waals surface area contributed by atoms with Crippen molar-refractivity contribution in [3.05, 3.63) is 35.4 Å².